The van der Waals surface area contributed by atoms with E-state index < -0.39 is 0 Å². The van der Waals surface area contributed by atoms with Crippen LogP contribution in [0.3, 0.4) is 0 Å². The molecule has 0 saturated carbocycles. The molecule has 6 rings (SSSR count). The van der Waals surface area contributed by atoms with E-state index in [2.05, 4.69) is 49.5 Å². The van der Waals surface area contributed by atoms with Crippen molar-refractivity contribution >= 4 is 39.4 Å². The van der Waals surface area contributed by atoms with Gasteiger partial charge in [0.1, 0.15) is 18.2 Å². The van der Waals surface area contributed by atoms with Crippen molar-refractivity contribution in [3.63, 3.8) is 0 Å². The largest absolute Gasteiger partial charge is 0.489 e. The van der Waals surface area contributed by atoms with Gasteiger partial charge in [0.25, 0.3) is 0 Å². The summed E-state index contributed by atoms with van der Waals surface area (Å²) in [6.07, 6.45) is 1.37. The summed E-state index contributed by atoms with van der Waals surface area (Å²) >= 11 is 6.13. The summed E-state index contributed by atoms with van der Waals surface area (Å²) < 4.78 is 19.9. The normalized spacial score (nSPS) is 18.3. The molecule has 5 heteroatoms. The number of anilines is 1. The summed E-state index contributed by atoms with van der Waals surface area (Å²) in [5.74, 6) is 0.410. The minimum atomic E-state index is -0.389. The molecule has 0 saturated heterocycles. The number of nitrogens with one attached hydrogen (secondary N) is 1. The van der Waals surface area contributed by atoms with Crippen LogP contribution in [0.25, 0.3) is 16.3 Å². The van der Waals surface area contributed by atoms with Gasteiger partial charge in [-0.2, -0.15) is 0 Å². The van der Waals surface area contributed by atoms with Gasteiger partial charge in [0.05, 0.1) is 11.1 Å². The molecule has 2 aliphatic rings. The topological polar surface area (TPSA) is 38.3 Å². The summed E-state index contributed by atoms with van der Waals surface area (Å²) in [5.41, 5.74) is 5.40. The number of ether oxygens (including phenoxy) is 1. The van der Waals surface area contributed by atoms with Crippen LogP contribution in [0.4, 0.5) is 10.1 Å². The Labute approximate surface area is 220 Å². The second-order valence-corrected chi connectivity index (χ2v) is 11.1. The highest BCUT2D eigenvalue weighted by molar-refractivity contribution is 6.31. The number of fused-ring (bicyclic) bond motifs is 4. The van der Waals surface area contributed by atoms with E-state index in [-0.39, 0.29) is 29.7 Å². The molecular weight excluding hydrogens is 485 g/mol. The summed E-state index contributed by atoms with van der Waals surface area (Å²) in [6, 6.07) is 24.6. The van der Waals surface area contributed by atoms with E-state index in [1.165, 1.54) is 16.8 Å². The number of halogens is 2. The summed E-state index contributed by atoms with van der Waals surface area (Å²) in [6.45, 7) is 4.38. The zero-order chi connectivity index (χ0) is 25.7. The number of carbonyl (C=O) groups excluding carboxylic acids is 1. The predicted octanol–water partition coefficient (Wildman–Crippen LogP) is 8.52. The highest BCUT2D eigenvalue weighted by atomic mass is 35.5. The van der Waals surface area contributed by atoms with Crippen LogP contribution in [0.5, 0.6) is 5.75 Å². The number of hydrogen-bond acceptors (Lipinski definition) is 3. The van der Waals surface area contributed by atoms with Crippen LogP contribution in [0, 0.1) is 11.2 Å². The van der Waals surface area contributed by atoms with Crippen molar-refractivity contribution < 1.29 is 13.9 Å². The first-order valence-electron chi connectivity index (χ1n) is 12.5. The minimum absolute atomic E-state index is 0.0376. The SMILES string of the molecule is CC1(C)CC(=O)C2=C(C1)c1c(ccc3ccccc13)N[C@H]2c1ccc(OCc2c(F)cccc2Cl)cc1. The first-order chi connectivity index (χ1) is 17.8. The smallest absolute Gasteiger partial charge is 0.162 e. The molecule has 3 nitrogen and oxygen atoms in total. The highest BCUT2D eigenvalue weighted by Crippen LogP contribution is 2.52. The molecular formula is C32H27ClFNO2. The monoisotopic (exact) mass is 511 g/mol. The number of carbonyl (C=O) groups is 1. The average molecular weight is 512 g/mol. The molecule has 4 aromatic carbocycles. The van der Waals surface area contributed by atoms with Crippen LogP contribution in [-0.2, 0) is 11.4 Å². The molecule has 1 N–H and O–H groups in total. The van der Waals surface area contributed by atoms with Gasteiger partial charge in [-0.3, -0.25) is 4.79 Å². The number of ketones is 1. The van der Waals surface area contributed by atoms with Gasteiger partial charge in [-0.15, -0.1) is 0 Å². The Bertz CT molecular complexity index is 1550. The van der Waals surface area contributed by atoms with Crippen molar-refractivity contribution in [2.45, 2.75) is 39.3 Å². The van der Waals surface area contributed by atoms with Crippen molar-refractivity contribution in [2.24, 2.45) is 5.41 Å². The van der Waals surface area contributed by atoms with Crippen LogP contribution < -0.4 is 10.1 Å². The maximum atomic E-state index is 14.1. The lowest BCUT2D eigenvalue weighted by Gasteiger charge is -2.40. The van der Waals surface area contributed by atoms with Gasteiger partial charge >= 0.3 is 0 Å². The van der Waals surface area contributed by atoms with Gasteiger partial charge < -0.3 is 10.1 Å². The van der Waals surface area contributed by atoms with E-state index in [4.69, 9.17) is 16.3 Å². The highest BCUT2D eigenvalue weighted by Gasteiger charge is 2.40. The zero-order valence-corrected chi connectivity index (χ0v) is 21.5. The lowest BCUT2D eigenvalue weighted by atomic mass is 9.68. The molecule has 0 fully saturated rings. The molecule has 0 radical (unpaired) electrons. The van der Waals surface area contributed by atoms with Crippen LogP contribution >= 0.6 is 11.6 Å². The third-order valence-electron chi connectivity index (χ3n) is 7.40. The van der Waals surface area contributed by atoms with Crippen molar-refractivity contribution in [2.75, 3.05) is 5.32 Å². The summed E-state index contributed by atoms with van der Waals surface area (Å²) in [7, 11) is 0. The number of Topliss-reactive ketones (excluding diaryl/α,β-unsaturated/α-hetero) is 1. The molecule has 0 unspecified atom stereocenters. The van der Waals surface area contributed by atoms with Crippen molar-refractivity contribution in [3.8, 4) is 5.75 Å². The third-order valence-corrected chi connectivity index (χ3v) is 7.75. The summed E-state index contributed by atoms with van der Waals surface area (Å²) in [4.78, 5) is 13.6. The third kappa shape index (κ3) is 4.30. The standard InChI is InChI=1S/C32H27ClFNO2/c1-32(2)16-23-29-22-7-4-3-6-19(22)12-15-27(29)35-31(30(23)28(36)17-32)20-10-13-21(14-11-20)37-18-24-25(33)8-5-9-26(24)34/h3-15,31,35H,16-18H2,1-2H3/t31-/m0/s1. The Hall–Kier alpha value is -3.63. The number of rotatable bonds is 4. The lowest BCUT2D eigenvalue weighted by Crippen LogP contribution is -2.33. The van der Waals surface area contributed by atoms with Gasteiger partial charge in [-0.1, -0.05) is 74.0 Å². The van der Waals surface area contributed by atoms with E-state index in [0.29, 0.717) is 22.8 Å². The van der Waals surface area contributed by atoms with E-state index in [0.717, 1.165) is 34.4 Å². The molecule has 0 bridgehead atoms. The maximum absolute atomic E-state index is 14.1. The molecule has 0 amide bonds. The van der Waals surface area contributed by atoms with Crippen LogP contribution in [-0.4, -0.2) is 5.78 Å². The fourth-order valence-corrected chi connectivity index (χ4v) is 5.89. The number of hydrogen-bond donors (Lipinski definition) is 1. The van der Waals surface area contributed by atoms with E-state index in [1.54, 1.807) is 12.1 Å². The maximum Gasteiger partial charge on any atom is 0.162 e. The van der Waals surface area contributed by atoms with Crippen LogP contribution in [0.15, 0.2) is 84.4 Å². The molecule has 0 aromatic heterocycles. The van der Waals surface area contributed by atoms with E-state index >= 15 is 0 Å². The van der Waals surface area contributed by atoms with Gasteiger partial charge in [0.15, 0.2) is 5.78 Å². The van der Waals surface area contributed by atoms with Gasteiger partial charge in [-0.25, -0.2) is 4.39 Å². The number of allylic oxidation sites excluding steroid dienone is 1. The molecule has 1 heterocycles. The molecule has 1 aliphatic carbocycles. The molecule has 37 heavy (non-hydrogen) atoms. The molecule has 186 valence electrons. The van der Waals surface area contributed by atoms with Crippen molar-refractivity contribution in [3.05, 3.63) is 112 Å². The first-order valence-corrected chi connectivity index (χ1v) is 12.9. The lowest BCUT2D eigenvalue weighted by molar-refractivity contribution is -0.118. The Morgan fingerprint density at radius 1 is 0.973 bits per heavy atom. The average Bonchev–Trinajstić information content (AvgIpc) is 2.87. The van der Waals surface area contributed by atoms with Crippen LogP contribution in [0.2, 0.25) is 5.02 Å². The first kappa shape index (κ1) is 23.7. The quantitative estimate of drug-likeness (QED) is 0.298. The van der Waals surface area contributed by atoms with E-state index in [9.17, 15) is 9.18 Å². The summed E-state index contributed by atoms with van der Waals surface area (Å²) in [5, 5.41) is 6.34. The fourth-order valence-electron chi connectivity index (χ4n) is 5.67. The minimum Gasteiger partial charge on any atom is -0.489 e. The Kier molecular flexibility index (Phi) is 5.80. The molecule has 4 aromatic rings. The predicted molar refractivity (Wildman–Crippen MR) is 147 cm³/mol. The Morgan fingerprint density at radius 2 is 1.76 bits per heavy atom. The van der Waals surface area contributed by atoms with Crippen molar-refractivity contribution in [1.82, 2.24) is 0 Å². The fraction of sp³-hybridized carbons (Fsp3) is 0.219. The van der Waals surface area contributed by atoms with Gasteiger partial charge in [-0.05, 0) is 64.1 Å². The number of benzene rings is 4. The zero-order valence-electron chi connectivity index (χ0n) is 20.8. The molecule has 0 spiro atoms. The van der Waals surface area contributed by atoms with Gasteiger partial charge in [0, 0.05) is 28.8 Å². The van der Waals surface area contributed by atoms with Gasteiger partial charge in [0.2, 0.25) is 0 Å². The second-order valence-electron chi connectivity index (χ2n) is 10.7. The Morgan fingerprint density at radius 3 is 2.54 bits per heavy atom. The molecule has 1 aliphatic heterocycles. The van der Waals surface area contributed by atoms with Crippen molar-refractivity contribution in [1.29, 1.82) is 0 Å². The van der Waals surface area contributed by atoms with E-state index in [1.807, 2.05) is 30.3 Å². The molecule has 1 atom stereocenters. The Balaban J connectivity index is 1.37. The van der Waals surface area contributed by atoms with Crippen LogP contribution in [0.1, 0.15) is 49.4 Å². The second kappa shape index (κ2) is 9.04.